The first kappa shape index (κ1) is 38.0. The third-order valence-corrected chi connectivity index (χ3v) is 11.5. The van der Waals surface area contributed by atoms with Crippen molar-refractivity contribution >= 4 is 34.1 Å². The van der Waals surface area contributed by atoms with E-state index in [1.54, 1.807) is 0 Å². The van der Waals surface area contributed by atoms with E-state index < -0.39 is 0 Å². The van der Waals surface area contributed by atoms with Crippen LogP contribution in [0.5, 0.6) is 0 Å². The van der Waals surface area contributed by atoms with Gasteiger partial charge in [-0.1, -0.05) is 194 Å². The predicted molar refractivity (Wildman–Crippen MR) is 263 cm³/mol. The van der Waals surface area contributed by atoms with Crippen molar-refractivity contribution in [3.05, 3.63) is 267 Å². The summed E-state index contributed by atoms with van der Waals surface area (Å²) in [6.07, 6.45) is 0. The number of hydrogen-bond acceptors (Lipinski definition) is 2. The van der Waals surface area contributed by atoms with Crippen molar-refractivity contribution in [3.8, 4) is 55.6 Å². The molecule has 0 amide bonds. The highest BCUT2D eigenvalue weighted by Crippen LogP contribution is 2.39. The predicted octanol–water partition coefficient (Wildman–Crippen LogP) is 17.0. The molecule has 0 aliphatic heterocycles. The van der Waals surface area contributed by atoms with Gasteiger partial charge in [0.25, 0.3) is 0 Å². The van der Waals surface area contributed by atoms with Gasteiger partial charge in [0.15, 0.2) is 0 Å². The SMILES string of the molecule is c1ccc(-c2cccc(N(c3ccccc3)c3ccc(-c4ccc(-c5ccc(-c6ccc(N(c7ccccc7)c7cccc(-c8ccccc8)c7)cc6)cc5)cc4)cc3)c2)cc1. The summed E-state index contributed by atoms with van der Waals surface area (Å²) in [6.45, 7) is 0. The van der Waals surface area contributed by atoms with Gasteiger partial charge in [-0.25, -0.2) is 0 Å². The van der Waals surface area contributed by atoms with Crippen LogP contribution in [0.3, 0.4) is 0 Å². The van der Waals surface area contributed by atoms with Crippen LogP contribution in [0.2, 0.25) is 0 Å². The number of para-hydroxylation sites is 2. The molecule has 0 spiro atoms. The quantitative estimate of drug-likeness (QED) is 0.129. The molecule has 10 rings (SSSR count). The summed E-state index contributed by atoms with van der Waals surface area (Å²) in [7, 11) is 0. The van der Waals surface area contributed by atoms with E-state index in [4.69, 9.17) is 0 Å². The Morgan fingerprint density at radius 3 is 0.661 bits per heavy atom. The largest absolute Gasteiger partial charge is 0.310 e. The molecule has 294 valence electrons. The molecule has 0 N–H and O–H groups in total. The summed E-state index contributed by atoms with van der Waals surface area (Å²) in [6, 6.07) is 95.4. The van der Waals surface area contributed by atoms with Crippen LogP contribution < -0.4 is 9.80 Å². The van der Waals surface area contributed by atoms with Crippen molar-refractivity contribution in [2.45, 2.75) is 0 Å². The lowest BCUT2D eigenvalue weighted by atomic mass is 9.97. The molecule has 2 heteroatoms. The summed E-state index contributed by atoms with van der Waals surface area (Å²) >= 11 is 0. The monoisotopic (exact) mass is 792 g/mol. The Balaban J connectivity index is 0.861. The van der Waals surface area contributed by atoms with Gasteiger partial charge in [-0.3, -0.25) is 0 Å². The van der Waals surface area contributed by atoms with E-state index in [-0.39, 0.29) is 0 Å². The maximum Gasteiger partial charge on any atom is 0.0467 e. The molecule has 0 aliphatic rings. The zero-order chi connectivity index (χ0) is 41.5. The molecule has 0 aliphatic carbocycles. The van der Waals surface area contributed by atoms with Crippen molar-refractivity contribution in [1.82, 2.24) is 0 Å². The number of rotatable bonds is 11. The first-order valence-electron chi connectivity index (χ1n) is 21.2. The van der Waals surface area contributed by atoms with E-state index in [2.05, 4.69) is 277 Å². The Morgan fingerprint density at radius 1 is 0.145 bits per heavy atom. The summed E-state index contributed by atoms with van der Waals surface area (Å²) in [4.78, 5) is 4.64. The van der Waals surface area contributed by atoms with E-state index in [1.807, 2.05) is 0 Å². The smallest absolute Gasteiger partial charge is 0.0467 e. The number of nitrogens with zero attached hydrogens (tertiary/aromatic N) is 2. The highest BCUT2D eigenvalue weighted by molar-refractivity contribution is 5.83. The number of benzene rings is 10. The van der Waals surface area contributed by atoms with Gasteiger partial charge < -0.3 is 9.80 Å². The van der Waals surface area contributed by atoms with Crippen molar-refractivity contribution in [3.63, 3.8) is 0 Å². The van der Waals surface area contributed by atoms with Crippen LogP contribution in [0.1, 0.15) is 0 Å². The van der Waals surface area contributed by atoms with Gasteiger partial charge >= 0.3 is 0 Å². The molecule has 0 saturated heterocycles. The lowest BCUT2D eigenvalue weighted by Gasteiger charge is -2.26. The molecule has 0 fully saturated rings. The molecule has 0 bridgehead atoms. The average Bonchev–Trinajstić information content (AvgIpc) is 3.36. The molecule has 0 saturated carbocycles. The molecule has 0 heterocycles. The summed E-state index contributed by atoms with van der Waals surface area (Å²) < 4.78 is 0. The number of hydrogen-bond donors (Lipinski definition) is 0. The molecular formula is C60H44N2. The highest BCUT2D eigenvalue weighted by atomic mass is 15.1. The Labute approximate surface area is 364 Å². The standard InChI is InChI=1S/C60H44N2/c1-5-15-45(16-6-1)53-19-13-25-59(43-53)61(55-21-9-3-10-22-55)57-39-35-51(36-40-57)49-31-27-47(28-32-49)48-29-33-50(34-30-48)52-37-41-58(42-38-52)62(56-23-11-4-12-24-56)60-26-14-20-54(44-60)46-17-7-2-8-18-46/h1-44H. The van der Waals surface area contributed by atoms with Crippen LogP contribution in [0, 0.1) is 0 Å². The van der Waals surface area contributed by atoms with Crippen LogP contribution in [-0.4, -0.2) is 0 Å². The molecule has 10 aromatic carbocycles. The molecule has 0 atom stereocenters. The minimum Gasteiger partial charge on any atom is -0.310 e. The third kappa shape index (κ3) is 8.18. The van der Waals surface area contributed by atoms with Gasteiger partial charge in [-0.05, 0) is 128 Å². The molecule has 62 heavy (non-hydrogen) atoms. The highest BCUT2D eigenvalue weighted by Gasteiger charge is 2.15. The second-order valence-electron chi connectivity index (χ2n) is 15.4. The van der Waals surface area contributed by atoms with E-state index in [0.29, 0.717) is 0 Å². The molecule has 0 aromatic heterocycles. The van der Waals surface area contributed by atoms with Gasteiger partial charge in [0.05, 0.1) is 0 Å². The Bertz CT molecular complexity index is 2790. The second-order valence-corrected chi connectivity index (χ2v) is 15.4. The summed E-state index contributed by atoms with van der Waals surface area (Å²) in [5.41, 5.74) is 18.6. The first-order valence-corrected chi connectivity index (χ1v) is 21.2. The van der Waals surface area contributed by atoms with Crippen LogP contribution >= 0.6 is 0 Å². The Hall–Kier alpha value is -8.20. The topological polar surface area (TPSA) is 6.48 Å². The zero-order valence-electron chi connectivity index (χ0n) is 34.3. The lowest BCUT2D eigenvalue weighted by Crippen LogP contribution is -2.09. The minimum atomic E-state index is 1.11. The van der Waals surface area contributed by atoms with Gasteiger partial charge in [0.2, 0.25) is 0 Å². The molecule has 2 nitrogen and oxygen atoms in total. The van der Waals surface area contributed by atoms with Crippen molar-refractivity contribution in [2.75, 3.05) is 9.80 Å². The van der Waals surface area contributed by atoms with Crippen molar-refractivity contribution in [1.29, 1.82) is 0 Å². The summed E-state index contributed by atoms with van der Waals surface area (Å²) in [5.74, 6) is 0. The van der Waals surface area contributed by atoms with E-state index in [1.165, 1.54) is 55.6 Å². The second kappa shape index (κ2) is 17.6. The molecule has 0 unspecified atom stereocenters. The fourth-order valence-corrected chi connectivity index (χ4v) is 8.28. The van der Waals surface area contributed by atoms with Gasteiger partial charge in [-0.2, -0.15) is 0 Å². The maximum absolute atomic E-state index is 2.32. The van der Waals surface area contributed by atoms with Crippen LogP contribution in [-0.2, 0) is 0 Å². The molecular weight excluding hydrogens is 749 g/mol. The first-order chi connectivity index (χ1) is 30.7. The maximum atomic E-state index is 2.32. The Morgan fingerprint density at radius 2 is 0.355 bits per heavy atom. The fraction of sp³-hybridized carbons (Fsp3) is 0. The zero-order valence-corrected chi connectivity index (χ0v) is 34.3. The Kier molecular flexibility index (Phi) is 10.8. The summed E-state index contributed by atoms with van der Waals surface area (Å²) in [5, 5.41) is 0. The molecule has 10 aromatic rings. The average molecular weight is 793 g/mol. The minimum absolute atomic E-state index is 1.11. The van der Waals surface area contributed by atoms with Gasteiger partial charge in [0, 0.05) is 34.1 Å². The van der Waals surface area contributed by atoms with Crippen molar-refractivity contribution in [2.24, 2.45) is 0 Å². The van der Waals surface area contributed by atoms with Gasteiger partial charge in [-0.15, -0.1) is 0 Å². The van der Waals surface area contributed by atoms with Crippen LogP contribution in [0.25, 0.3) is 55.6 Å². The van der Waals surface area contributed by atoms with E-state index >= 15 is 0 Å². The normalized spacial score (nSPS) is 10.9. The molecule has 0 radical (unpaired) electrons. The number of anilines is 6. The van der Waals surface area contributed by atoms with E-state index in [9.17, 15) is 0 Å². The van der Waals surface area contributed by atoms with Crippen molar-refractivity contribution < 1.29 is 0 Å². The van der Waals surface area contributed by atoms with E-state index in [0.717, 1.165) is 34.1 Å². The van der Waals surface area contributed by atoms with Gasteiger partial charge in [0.1, 0.15) is 0 Å². The lowest BCUT2D eigenvalue weighted by molar-refractivity contribution is 1.28. The fourth-order valence-electron chi connectivity index (χ4n) is 8.28. The third-order valence-electron chi connectivity index (χ3n) is 11.5. The van der Waals surface area contributed by atoms with Crippen LogP contribution in [0.15, 0.2) is 267 Å². The van der Waals surface area contributed by atoms with Crippen LogP contribution in [0.4, 0.5) is 34.1 Å².